The first-order valence-electron chi connectivity index (χ1n) is 3.56. The molecule has 1 fully saturated rings. The first-order chi connectivity index (χ1) is 4.29. The highest BCUT2D eigenvalue weighted by Crippen LogP contribution is 2.17. The van der Waals surface area contributed by atoms with Gasteiger partial charge in [-0.25, -0.2) is 0 Å². The Morgan fingerprint density at radius 1 is 1.44 bits per heavy atom. The molecule has 0 aromatic rings. The summed E-state index contributed by atoms with van der Waals surface area (Å²) in [5.41, 5.74) is 0. The van der Waals surface area contributed by atoms with Gasteiger partial charge in [0, 0.05) is 6.04 Å². The van der Waals surface area contributed by atoms with Gasteiger partial charge in [0.25, 0.3) is 0 Å². The van der Waals surface area contributed by atoms with E-state index < -0.39 is 6.23 Å². The van der Waals surface area contributed by atoms with Crippen molar-refractivity contribution < 1.29 is 5.11 Å². The Bertz CT molecular complexity index is 77.0. The van der Waals surface area contributed by atoms with Gasteiger partial charge in [-0.1, -0.05) is 12.8 Å². The van der Waals surface area contributed by atoms with Crippen LogP contribution in [0, 0.1) is 6.92 Å². The lowest BCUT2D eigenvalue weighted by atomic mass is 10.2. The predicted octanol–water partition coefficient (Wildman–Crippen LogP) is 0.671. The monoisotopic (exact) mass is 128 g/mol. The summed E-state index contributed by atoms with van der Waals surface area (Å²) in [4.78, 5) is 0. The maximum Gasteiger partial charge on any atom is 0.105 e. The van der Waals surface area contributed by atoms with Crippen LogP contribution in [0.4, 0.5) is 0 Å². The molecule has 9 heavy (non-hydrogen) atoms. The van der Waals surface area contributed by atoms with Crippen LogP contribution in [-0.4, -0.2) is 17.4 Å². The molecule has 1 radical (unpaired) electrons. The third kappa shape index (κ3) is 2.33. The molecule has 0 bridgehead atoms. The van der Waals surface area contributed by atoms with Gasteiger partial charge in [-0.3, -0.25) is 5.32 Å². The molecule has 0 spiro atoms. The highest BCUT2D eigenvalue weighted by molar-refractivity contribution is 4.74. The fourth-order valence-corrected chi connectivity index (χ4v) is 1.36. The van der Waals surface area contributed by atoms with Gasteiger partial charge in [0.05, 0.1) is 0 Å². The average molecular weight is 128 g/mol. The van der Waals surface area contributed by atoms with Crippen molar-refractivity contribution in [3.63, 3.8) is 0 Å². The first-order valence-corrected chi connectivity index (χ1v) is 3.56. The minimum atomic E-state index is -0.576. The average Bonchev–Trinajstić information content (AvgIpc) is 2.15. The number of aliphatic hydroxyl groups is 1. The van der Waals surface area contributed by atoms with E-state index in [1.807, 2.05) is 0 Å². The summed E-state index contributed by atoms with van der Waals surface area (Å²) in [6.07, 6.45) is 4.42. The number of hydrogen-bond donors (Lipinski definition) is 2. The second-order valence-corrected chi connectivity index (χ2v) is 2.66. The molecule has 2 nitrogen and oxygen atoms in total. The maximum absolute atomic E-state index is 8.79. The predicted molar refractivity (Wildman–Crippen MR) is 36.8 cm³/mol. The van der Waals surface area contributed by atoms with E-state index in [1.165, 1.54) is 25.7 Å². The number of rotatable bonds is 2. The second-order valence-electron chi connectivity index (χ2n) is 2.66. The molecule has 53 valence electrons. The van der Waals surface area contributed by atoms with Crippen molar-refractivity contribution in [3.8, 4) is 0 Å². The summed E-state index contributed by atoms with van der Waals surface area (Å²) in [5.74, 6) is 0. The van der Waals surface area contributed by atoms with Gasteiger partial charge in [-0.15, -0.1) is 0 Å². The van der Waals surface area contributed by atoms with Gasteiger partial charge in [0.1, 0.15) is 6.23 Å². The molecule has 0 saturated heterocycles. The van der Waals surface area contributed by atoms with Crippen LogP contribution in [0.25, 0.3) is 0 Å². The van der Waals surface area contributed by atoms with Crippen LogP contribution >= 0.6 is 0 Å². The van der Waals surface area contributed by atoms with Crippen molar-refractivity contribution in [2.24, 2.45) is 0 Å². The van der Waals surface area contributed by atoms with Crippen LogP contribution in [0.2, 0.25) is 0 Å². The van der Waals surface area contributed by atoms with E-state index in [0.717, 1.165) is 0 Å². The molecule has 0 aromatic carbocycles. The van der Waals surface area contributed by atoms with Gasteiger partial charge in [0.15, 0.2) is 0 Å². The highest BCUT2D eigenvalue weighted by Gasteiger charge is 2.14. The van der Waals surface area contributed by atoms with Crippen molar-refractivity contribution in [1.82, 2.24) is 5.32 Å². The zero-order valence-corrected chi connectivity index (χ0v) is 5.64. The molecule has 2 N–H and O–H groups in total. The largest absolute Gasteiger partial charge is 0.379 e. The zero-order valence-electron chi connectivity index (χ0n) is 5.64. The Hall–Kier alpha value is -0.0800. The topological polar surface area (TPSA) is 32.3 Å². The molecule has 0 heterocycles. The van der Waals surface area contributed by atoms with Gasteiger partial charge in [0.2, 0.25) is 0 Å². The molecule has 1 saturated carbocycles. The fourth-order valence-electron chi connectivity index (χ4n) is 1.36. The minimum absolute atomic E-state index is 0.525. The summed E-state index contributed by atoms with van der Waals surface area (Å²) in [6.45, 7) is 3.45. The maximum atomic E-state index is 8.79. The summed E-state index contributed by atoms with van der Waals surface area (Å²) in [7, 11) is 0. The quantitative estimate of drug-likeness (QED) is 0.536. The SMILES string of the molecule is [CH2]C(O)NC1CCCC1. The van der Waals surface area contributed by atoms with E-state index >= 15 is 0 Å². The molecule has 0 aliphatic heterocycles. The molecular weight excluding hydrogens is 114 g/mol. The molecule has 0 amide bonds. The lowest BCUT2D eigenvalue weighted by molar-refractivity contribution is 0.165. The summed E-state index contributed by atoms with van der Waals surface area (Å²) >= 11 is 0. The third-order valence-electron chi connectivity index (χ3n) is 1.78. The molecule has 0 aromatic heterocycles. The smallest absolute Gasteiger partial charge is 0.105 e. The summed E-state index contributed by atoms with van der Waals surface area (Å²) < 4.78 is 0. The van der Waals surface area contributed by atoms with Crippen LogP contribution < -0.4 is 5.32 Å². The van der Waals surface area contributed by atoms with Crippen molar-refractivity contribution >= 4 is 0 Å². The van der Waals surface area contributed by atoms with Crippen LogP contribution in [0.1, 0.15) is 25.7 Å². The Kier molecular flexibility index (Phi) is 2.49. The molecule has 1 aliphatic rings. The normalized spacial score (nSPS) is 24.7. The molecule has 1 unspecified atom stereocenters. The van der Waals surface area contributed by atoms with Gasteiger partial charge in [-0.05, 0) is 19.8 Å². The van der Waals surface area contributed by atoms with E-state index in [1.54, 1.807) is 0 Å². The first kappa shape index (κ1) is 7.03. The Morgan fingerprint density at radius 3 is 2.44 bits per heavy atom. The van der Waals surface area contributed by atoms with E-state index in [4.69, 9.17) is 5.11 Å². The number of nitrogens with one attached hydrogen (secondary N) is 1. The molecule has 2 heteroatoms. The van der Waals surface area contributed by atoms with Gasteiger partial charge in [-0.2, -0.15) is 0 Å². The van der Waals surface area contributed by atoms with E-state index in [0.29, 0.717) is 6.04 Å². The van der Waals surface area contributed by atoms with Crippen LogP contribution in [0.15, 0.2) is 0 Å². The van der Waals surface area contributed by atoms with Crippen LogP contribution in [-0.2, 0) is 0 Å². The van der Waals surface area contributed by atoms with E-state index in [-0.39, 0.29) is 0 Å². The Balaban J connectivity index is 2.11. The van der Waals surface area contributed by atoms with E-state index in [2.05, 4.69) is 12.2 Å². The van der Waals surface area contributed by atoms with Gasteiger partial charge >= 0.3 is 0 Å². The zero-order chi connectivity index (χ0) is 6.69. The lowest BCUT2D eigenvalue weighted by Gasteiger charge is -2.13. The van der Waals surface area contributed by atoms with Gasteiger partial charge < -0.3 is 5.11 Å². The van der Waals surface area contributed by atoms with Crippen LogP contribution in [0.5, 0.6) is 0 Å². The standard InChI is InChI=1S/C7H14NO/c1-6(9)8-7-4-2-3-5-7/h6-9H,1-5H2. The molecule has 1 rings (SSSR count). The Labute approximate surface area is 56.3 Å². The Morgan fingerprint density at radius 2 is 2.00 bits per heavy atom. The van der Waals surface area contributed by atoms with Crippen molar-refractivity contribution in [2.45, 2.75) is 38.0 Å². The van der Waals surface area contributed by atoms with Crippen molar-refractivity contribution in [1.29, 1.82) is 0 Å². The van der Waals surface area contributed by atoms with Crippen molar-refractivity contribution in [3.05, 3.63) is 6.92 Å². The third-order valence-corrected chi connectivity index (χ3v) is 1.78. The molecule has 1 aliphatic carbocycles. The summed E-state index contributed by atoms with van der Waals surface area (Å²) in [6, 6.07) is 0.525. The minimum Gasteiger partial charge on any atom is -0.379 e. The summed E-state index contributed by atoms with van der Waals surface area (Å²) in [5, 5.41) is 11.8. The molecular formula is C7H14NO. The number of hydrogen-bond acceptors (Lipinski definition) is 2. The molecule has 1 atom stereocenters. The van der Waals surface area contributed by atoms with Crippen molar-refractivity contribution in [2.75, 3.05) is 0 Å². The van der Waals surface area contributed by atoms with Crippen LogP contribution in [0.3, 0.4) is 0 Å². The number of aliphatic hydroxyl groups excluding tert-OH is 1. The lowest BCUT2D eigenvalue weighted by Crippen LogP contribution is -2.34. The fraction of sp³-hybridized carbons (Fsp3) is 0.857. The highest BCUT2D eigenvalue weighted by atomic mass is 16.3. The van der Waals surface area contributed by atoms with E-state index in [9.17, 15) is 0 Å². The second kappa shape index (κ2) is 3.18.